The Labute approximate surface area is 226 Å². The van der Waals surface area contributed by atoms with E-state index < -0.39 is 6.16 Å². The number of aromatic nitrogens is 1. The highest BCUT2D eigenvalue weighted by Crippen LogP contribution is 2.33. The van der Waals surface area contributed by atoms with Gasteiger partial charge in [0.05, 0.1) is 29.6 Å². The number of likely N-dealkylation sites (N-methyl/N-ethyl adjacent to an activating group) is 1. The lowest BCUT2D eigenvalue weighted by Crippen LogP contribution is -2.34. The summed E-state index contributed by atoms with van der Waals surface area (Å²) in [7, 11) is 5.31. The third-order valence-electron chi connectivity index (χ3n) is 6.94. The smallest absolute Gasteiger partial charge is 0.494 e. The van der Waals surface area contributed by atoms with Gasteiger partial charge in [0.15, 0.2) is 5.88 Å². The zero-order valence-corrected chi connectivity index (χ0v) is 22.0. The van der Waals surface area contributed by atoms with Crippen LogP contribution in [-0.2, 0) is 4.74 Å². The van der Waals surface area contributed by atoms with Crippen molar-refractivity contribution in [2.45, 2.75) is 12.5 Å². The molecule has 0 aliphatic carbocycles. The first-order valence-electron chi connectivity index (χ1n) is 12.6. The monoisotopic (exact) mass is 526 g/mol. The zero-order chi connectivity index (χ0) is 27.5. The van der Waals surface area contributed by atoms with Crippen molar-refractivity contribution in [3.63, 3.8) is 0 Å². The van der Waals surface area contributed by atoms with Crippen LogP contribution in [0.3, 0.4) is 0 Å². The quantitative estimate of drug-likeness (QED) is 0.209. The van der Waals surface area contributed by atoms with Crippen LogP contribution in [0.4, 0.5) is 10.5 Å². The molecule has 1 unspecified atom stereocenters. The number of H-pyrrole nitrogens is 1. The number of aliphatic imine (C=N–C) groups is 1. The Morgan fingerprint density at radius 1 is 1.03 bits per heavy atom. The molecule has 0 radical (unpaired) electrons. The SMILES string of the molecule is COC(=O)Oc1ccc2c(C(=Nc3ccc(C(=O)N4CCC(N(C)C)C4)cc3)c3ccccc3)c(O)[nH]c2c1. The Hall–Kier alpha value is -4.63. The van der Waals surface area contributed by atoms with Crippen molar-refractivity contribution >= 4 is 34.4 Å². The first-order valence-corrected chi connectivity index (χ1v) is 12.6. The molecule has 2 N–H and O–H groups in total. The Bertz CT molecular complexity index is 1530. The first-order chi connectivity index (χ1) is 18.8. The molecule has 1 aliphatic rings. The normalized spacial score (nSPS) is 15.6. The molecule has 1 saturated heterocycles. The minimum absolute atomic E-state index is 0.0115. The Morgan fingerprint density at radius 2 is 1.77 bits per heavy atom. The van der Waals surface area contributed by atoms with Crippen LogP contribution >= 0.6 is 0 Å². The standard InChI is InChI=1S/C30H30N4O5/c1-33(2)22-15-16-34(18-22)29(36)20-9-11-21(12-10-20)31-27(19-7-5-4-6-8-19)26-24-14-13-23(39-30(37)38-3)17-25(24)32-28(26)35/h4-14,17,22,32,35H,15-16,18H2,1-3H3. The highest BCUT2D eigenvalue weighted by atomic mass is 16.7. The molecule has 1 amide bonds. The van der Waals surface area contributed by atoms with Crippen LogP contribution in [0, 0.1) is 0 Å². The number of hydrogen-bond donors (Lipinski definition) is 2. The number of hydrogen-bond acceptors (Lipinski definition) is 7. The molecule has 0 spiro atoms. The third kappa shape index (κ3) is 5.49. The van der Waals surface area contributed by atoms with Crippen LogP contribution in [0.25, 0.3) is 10.9 Å². The molecular weight excluding hydrogens is 496 g/mol. The number of ether oxygens (including phenoxy) is 2. The van der Waals surface area contributed by atoms with Gasteiger partial charge in [-0.15, -0.1) is 0 Å². The number of likely N-dealkylation sites (tertiary alicyclic amines) is 1. The van der Waals surface area contributed by atoms with Crippen LogP contribution < -0.4 is 4.74 Å². The van der Waals surface area contributed by atoms with Crippen molar-refractivity contribution in [2.24, 2.45) is 4.99 Å². The van der Waals surface area contributed by atoms with E-state index in [1.165, 1.54) is 7.11 Å². The van der Waals surface area contributed by atoms with Gasteiger partial charge >= 0.3 is 6.16 Å². The number of amides is 1. The Morgan fingerprint density at radius 3 is 2.44 bits per heavy atom. The second-order valence-corrected chi connectivity index (χ2v) is 9.64. The van der Waals surface area contributed by atoms with E-state index in [-0.39, 0.29) is 17.5 Å². The maximum absolute atomic E-state index is 13.1. The topological polar surface area (TPSA) is 107 Å². The molecule has 1 atom stereocenters. The average Bonchev–Trinajstić information content (AvgIpc) is 3.57. The van der Waals surface area contributed by atoms with Crippen LogP contribution in [0.1, 0.15) is 27.9 Å². The first kappa shape index (κ1) is 26.0. The molecule has 4 aromatic rings. The van der Waals surface area contributed by atoms with Crippen molar-refractivity contribution in [3.05, 3.63) is 89.5 Å². The van der Waals surface area contributed by atoms with Gasteiger partial charge in [0.2, 0.25) is 0 Å². The van der Waals surface area contributed by atoms with Crippen LogP contribution in [0.5, 0.6) is 11.6 Å². The molecule has 5 rings (SSSR count). The van der Waals surface area contributed by atoms with Gasteiger partial charge < -0.3 is 29.4 Å². The predicted octanol–water partition coefficient (Wildman–Crippen LogP) is 4.96. The van der Waals surface area contributed by atoms with Gasteiger partial charge in [-0.3, -0.25) is 4.79 Å². The fraction of sp³-hybridized carbons (Fsp3) is 0.233. The number of nitrogens with one attached hydrogen (secondary N) is 1. The predicted molar refractivity (Wildman–Crippen MR) is 149 cm³/mol. The molecule has 0 saturated carbocycles. The largest absolute Gasteiger partial charge is 0.513 e. The van der Waals surface area contributed by atoms with Gasteiger partial charge in [-0.2, -0.15) is 0 Å². The molecule has 1 fully saturated rings. The molecule has 0 bridgehead atoms. The van der Waals surface area contributed by atoms with Crippen molar-refractivity contribution in [1.82, 2.24) is 14.8 Å². The van der Waals surface area contributed by atoms with Crippen molar-refractivity contribution < 1.29 is 24.2 Å². The van der Waals surface area contributed by atoms with Gasteiger partial charge in [0, 0.05) is 41.7 Å². The van der Waals surface area contributed by atoms with E-state index in [1.54, 1.807) is 30.3 Å². The minimum atomic E-state index is -0.832. The maximum Gasteiger partial charge on any atom is 0.513 e. The minimum Gasteiger partial charge on any atom is -0.494 e. The summed E-state index contributed by atoms with van der Waals surface area (Å²) in [6, 6.07) is 22.1. The summed E-state index contributed by atoms with van der Waals surface area (Å²) in [6.07, 6.45) is 0.132. The Kier molecular flexibility index (Phi) is 7.33. The number of carbonyl (C=O) groups excluding carboxylic acids is 2. The fourth-order valence-corrected chi connectivity index (χ4v) is 4.80. The zero-order valence-electron chi connectivity index (χ0n) is 22.0. The highest BCUT2D eigenvalue weighted by molar-refractivity contribution is 6.22. The Balaban J connectivity index is 1.49. The second-order valence-electron chi connectivity index (χ2n) is 9.64. The second kappa shape index (κ2) is 11.0. The number of carbonyl (C=O) groups is 2. The van der Waals surface area contributed by atoms with E-state index in [0.29, 0.717) is 39.5 Å². The number of methoxy groups -OCH3 is 1. The molecule has 200 valence electrons. The van der Waals surface area contributed by atoms with E-state index in [2.05, 4.69) is 14.6 Å². The van der Waals surface area contributed by atoms with Crippen LogP contribution in [0.15, 0.2) is 77.8 Å². The highest BCUT2D eigenvalue weighted by Gasteiger charge is 2.28. The van der Waals surface area contributed by atoms with Crippen LogP contribution in [0.2, 0.25) is 0 Å². The van der Waals surface area contributed by atoms with E-state index >= 15 is 0 Å². The number of fused-ring (bicyclic) bond motifs is 1. The molecule has 3 aromatic carbocycles. The average molecular weight is 527 g/mol. The van der Waals surface area contributed by atoms with E-state index in [4.69, 9.17) is 9.73 Å². The van der Waals surface area contributed by atoms with Crippen molar-refractivity contribution in [3.8, 4) is 11.6 Å². The van der Waals surface area contributed by atoms with E-state index in [1.807, 2.05) is 61.5 Å². The fourth-order valence-electron chi connectivity index (χ4n) is 4.80. The lowest BCUT2D eigenvalue weighted by molar-refractivity contribution is 0.0783. The lowest BCUT2D eigenvalue weighted by Gasteiger charge is -2.20. The molecular formula is C30H30N4O5. The van der Waals surface area contributed by atoms with Gasteiger partial charge in [-0.25, -0.2) is 9.79 Å². The van der Waals surface area contributed by atoms with Gasteiger partial charge in [-0.05, 0) is 56.9 Å². The number of benzene rings is 3. The van der Waals surface area contributed by atoms with Crippen molar-refractivity contribution in [1.29, 1.82) is 0 Å². The van der Waals surface area contributed by atoms with Crippen LogP contribution in [-0.4, -0.2) is 78.0 Å². The molecule has 2 heterocycles. The van der Waals surface area contributed by atoms with E-state index in [9.17, 15) is 14.7 Å². The molecule has 1 aliphatic heterocycles. The number of rotatable bonds is 6. The van der Waals surface area contributed by atoms with Gasteiger partial charge in [-0.1, -0.05) is 30.3 Å². The summed E-state index contributed by atoms with van der Waals surface area (Å²) < 4.78 is 9.68. The third-order valence-corrected chi connectivity index (χ3v) is 6.94. The molecule has 39 heavy (non-hydrogen) atoms. The summed E-state index contributed by atoms with van der Waals surface area (Å²) in [4.78, 5) is 36.5. The summed E-state index contributed by atoms with van der Waals surface area (Å²) in [5.74, 6) is 0.215. The maximum atomic E-state index is 13.1. The molecule has 9 heteroatoms. The van der Waals surface area contributed by atoms with Gasteiger partial charge in [0.25, 0.3) is 5.91 Å². The summed E-state index contributed by atoms with van der Waals surface area (Å²) in [5, 5.41) is 11.6. The number of aromatic hydroxyl groups is 1. The molecule has 9 nitrogen and oxygen atoms in total. The molecule has 1 aromatic heterocycles. The van der Waals surface area contributed by atoms with E-state index in [0.717, 1.165) is 25.1 Å². The summed E-state index contributed by atoms with van der Waals surface area (Å²) in [6.45, 7) is 1.46. The number of aromatic amines is 1. The van der Waals surface area contributed by atoms with Gasteiger partial charge in [0.1, 0.15) is 5.75 Å². The number of nitrogens with zero attached hydrogens (tertiary/aromatic N) is 3. The lowest BCUT2D eigenvalue weighted by atomic mass is 10.0. The van der Waals surface area contributed by atoms with Crippen molar-refractivity contribution in [2.75, 3.05) is 34.3 Å². The summed E-state index contributed by atoms with van der Waals surface area (Å²) in [5.41, 5.74) is 3.67. The summed E-state index contributed by atoms with van der Waals surface area (Å²) >= 11 is 0.